The summed E-state index contributed by atoms with van der Waals surface area (Å²) >= 11 is 0. The number of unbranched alkanes of at least 4 members (excludes halogenated alkanes) is 1. The molecule has 1 aromatic heterocycles. The maximum Gasteiger partial charge on any atom is 0.248 e. The molecule has 2 aromatic rings. The number of hydrogen-bond acceptors (Lipinski definition) is 2. The highest BCUT2D eigenvalue weighted by Crippen LogP contribution is 2.18. The first kappa shape index (κ1) is 12.4. The predicted octanol–water partition coefficient (Wildman–Crippen LogP) is 1.54. The van der Waals surface area contributed by atoms with Crippen LogP contribution in [0.3, 0.4) is 0 Å². The van der Waals surface area contributed by atoms with Crippen molar-refractivity contribution < 1.29 is 0 Å². The summed E-state index contributed by atoms with van der Waals surface area (Å²) in [6, 6.07) is 7.07. The Kier molecular flexibility index (Phi) is 3.52. The number of aryl methyl sites for hydroxylation is 1. The second-order valence-electron chi connectivity index (χ2n) is 4.37. The van der Waals surface area contributed by atoms with Gasteiger partial charge in [-0.3, -0.25) is 4.79 Å². The van der Waals surface area contributed by atoms with Gasteiger partial charge in [0.2, 0.25) is 5.56 Å². The maximum atomic E-state index is 11.6. The zero-order valence-electron chi connectivity index (χ0n) is 10.3. The number of aromatic amines is 1. The van der Waals surface area contributed by atoms with Gasteiger partial charge in [-0.1, -0.05) is 24.9 Å². The number of pyridine rings is 1. The fourth-order valence-electron chi connectivity index (χ4n) is 2.11. The number of rotatable bonds is 3. The van der Waals surface area contributed by atoms with Gasteiger partial charge in [0, 0.05) is 11.5 Å². The summed E-state index contributed by atoms with van der Waals surface area (Å²) in [7, 11) is 5.79. The first-order valence-corrected chi connectivity index (χ1v) is 6.01. The second kappa shape index (κ2) is 5.09. The van der Waals surface area contributed by atoms with Crippen LogP contribution < -0.4 is 11.0 Å². The van der Waals surface area contributed by atoms with Gasteiger partial charge >= 0.3 is 0 Å². The predicted molar refractivity (Wildman–Crippen MR) is 73.3 cm³/mol. The summed E-state index contributed by atoms with van der Waals surface area (Å²) in [6.07, 6.45) is 2.89. The highest BCUT2D eigenvalue weighted by molar-refractivity contribution is 6.33. The zero-order chi connectivity index (χ0) is 13.1. The van der Waals surface area contributed by atoms with Crippen LogP contribution in [0.4, 0.5) is 0 Å². The average Bonchev–Trinajstić information content (AvgIpc) is 2.35. The molecule has 1 aromatic carbocycles. The summed E-state index contributed by atoms with van der Waals surface area (Å²) < 4.78 is 0. The monoisotopic (exact) mass is 236 g/mol. The van der Waals surface area contributed by atoms with Gasteiger partial charge in [-0.25, -0.2) is 0 Å². The van der Waals surface area contributed by atoms with Crippen molar-refractivity contribution in [3.8, 4) is 6.07 Å². The molecule has 0 spiro atoms. The first-order valence-electron chi connectivity index (χ1n) is 6.01. The number of H-pyrrole nitrogens is 1. The van der Waals surface area contributed by atoms with E-state index >= 15 is 0 Å². The molecule has 2 radical (unpaired) electrons. The fraction of sp³-hybridized carbons (Fsp3) is 0.286. The average molecular weight is 236 g/mol. The van der Waals surface area contributed by atoms with Crippen molar-refractivity contribution in [3.05, 3.63) is 39.7 Å². The van der Waals surface area contributed by atoms with Crippen LogP contribution in [0.1, 0.15) is 30.9 Å². The lowest BCUT2D eigenvalue weighted by atomic mass is 9.90. The molecule has 3 nitrogen and oxygen atoms in total. The van der Waals surface area contributed by atoms with Gasteiger partial charge in [0.05, 0.1) is 11.1 Å². The molecule has 88 valence electrons. The molecule has 0 fully saturated rings. The molecule has 1 heterocycles. The molecular formula is C14H13BN2O. The number of aromatic nitrogens is 1. The van der Waals surface area contributed by atoms with Crippen molar-refractivity contribution in [2.24, 2.45) is 0 Å². The minimum atomic E-state index is -0.171. The van der Waals surface area contributed by atoms with Gasteiger partial charge in [0.25, 0.3) is 0 Å². The summed E-state index contributed by atoms with van der Waals surface area (Å²) in [5, 5.41) is 9.96. The standard InChI is InChI=1S/C14H13BN2O/c1-2-3-4-9-6-13(18)17-14-10(8-16)5-11(15)7-12(9)14/h5-7H,2-4H2,1H3,(H,17,18). The van der Waals surface area contributed by atoms with Crippen molar-refractivity contribution in [3.63, 3.8) is 0 Å². The molecule has 1 N–H and O–H groups in total. The Hall–Kier alpha value is -2.02. The van der Waals surface area contributed by atoms with E-state index in [0.717, 1.165) is 30.2 Å². The Balaban J connectivity index is 2.75. The van der Waals surface area contributed by atoms with Crippen LogP contribution in [-0.2, 0) is 6.42 Å². The summed E-state index contributed by atoms with van der Waals surface area (Å²) in [5.74, 6) is 0. The van der Waals surface area contributed by atoms with Crippen LogP contribution in [0.2, 0.25) is 0 Å². The lowest BCUT2D eigenvalue weighted by molar-refractivity contribution is 0.797. The second-order valence-corrected chi connectivity index (χ2v) is 4.37. The lowest BCUT2D eigenvalue weighted by Crippen LogP contribution is -2.11. The molecule has 0 amide bonds. The fourth-order valence-corrected chi connectivity index (χ4v) is 2.11. The molecule has 0 saturated heterocycles. The number of nitrogens with one attached hydrogen (secondary N) is 1. The van der Waals surface area contributed by atoms with E-state index in [1.807, 2.05) is 6.07 Å². The van der Waals surface area contributed by atoms with E-state index in [4.69, 9.17) is 13.1 Å². The quantitative estimate of drug-likeness (QED) is 0.821. The smallest absolute Gasteiger partial charge is 0.248 e. The number of nitriles is 1. The lowest BCUT2D eigenvalue weighted by Gasteiger charge is -2.08. The van der Waals surface area contributed by atoms with Crippen molar-refractivity contribution in [2.45, 2.75) is 26.2 Å². The molecule has 0 aliphatic heterocycles. The number of nitrogens with zero attached hydrogens (tertiary/aromatic N) is 1. The van der Waals surface area contributed by atoms with Gasteiger partial charge in [-0.05, 0) is 24.5 Å². The van der Waals surface area contributed by atoms with Crippen molar-refractivity contribution in [1.29, 1.82) is 5.26 Å². The maximum absolute atomic E-state index is 11.6. The van der Waals surface area contributed by atoms with E-state index in [2.05, 4.69) is 18.0 Å². The molecule has 0 bridgehead atoms. The van der Waals surface area contributed by atoms with E-state index in [-0.39, 0.29) is 5.56 Å². The summed E-state index contributed by atoms with van der Waals surface area (Å²) in [5.41, 5.74) is 2.34. The Morgan fingerprint density at radius 3 is 2.83 bits per heavy atom. The van der Waals surface area contributed by atoms with Gasteiger partial charge < -0.3 is 4.98 Å². The molecule has 0 aliphatic carbocycles. The van der Waals surface area contributed by atoms with Crippen molar-refractivity contribution >= 4 is 24.2 Å². The molecule has 4 heteroatoms. The molecule has 0 saturated carbocycles. The minimum absolute atomic E-state index is 0.171. The normalized spacial score (nSPS) is 10.4. The third-order valence-corrected chi connectivity index (χ3v) is 2.98. The molecule has 0 aliphatic rings. The Bertz CT molecular complexity index is 682. The molecule has 2 rings (SSSR count). The van der Waals surface area contributed by atoms with E-state index in [1.54, 1.807) is 12.1 Å². The number of hydrogen-bond donors (Lipinski definition) is 1. The zero-order valence-corrected chi connectivity index (χ0v) is 10.3. The van der Waals surface area contributed by atoms with Gasteiger partial charge in [0.15, 0.2) is 0 Å². The van der Waals surface area contributed by atoms with Crippen LogP contribution in [0.5, 0.6) is 0 Å². The molecule has 0 unspecified atom stereocenters. The Labute approximate surface area is 107 Å². The number of benzene rings is 1. The van der Waals surface area contributed by atoms with Crippen LogP contribution in [0, 0.1) is 11.3 Å². The van der Waals surface area contributed by atoms with Crippen LogP contribution in [0.25, 0.3) is 10.9 Å². The molecule has 18 heavy (non-hydrogen) atoms. The number of fused-ring (bicyclic) bond motifs is 1. The van der Waals surface area contributed by atoms with Crippen LogP contribution in [-0.4, -0.2) is 12.8 Å². The SMILES string of the molecule is [B]c1cc(C#N)c2[nH]c(=O)cc(CCCC)c2c1. The third kappa shape index (κ3) is 2.30. The summed E-state index contributed by atoms with van der Waals surface area (Å²) in [4.78, 5) is 14.3. The third-order valence-electron chi connectivity index (χ3n) is 2.98. The van der Waals surface area contributed by atoms with Gasteiger partial charge in [0.1, 0.15) is 13.9 Å². The van der Waals surface area contributed by atoms with E-state index in [1.165, 1.54) is 0 Å². The van der Waals surface area contributed by atoms with E-state index in [9.17, 15) is 4.79 Å². The topological polar surface area (TPSA) is 56.6 Å². The molecular weight excluding hydrogens is 223 g/mol. The highest BCUT2D eigenvalue weighted by Gasteiger charge is 2.08. The summed E-state index contributed by atoms with van der Waals surface area (Å²) in [6.45, 7) is 2.10. The van der Waals surface area contributed by atoms with Crippen molar-refractivity contribution in [2.75, 3.05) is 0 Å². The largest absolute Gasteiger partial charge is 0.321 e. The van der Waals surface area contributed by atoms with E-state index < -0.39 is 0 Å². The minimum Gasteiger partial charge on any atom is -0.321 e. The Morgan fingerprint density at radius 1 is 1.39 bits per heavy atom. The molecule has 0 atom stereocenters. The van der Waals surface area contributed by atoms with Gasteiger partial charge in [-0.2, -0.15) is 5.26 Å². The van der Waals surface area contributed by atoms with Gasteiger partial charge in [-0.15, -0.1) is 0 Å². The van der Waals surface area contributed by atoms with Crippen LogP contribution in [0.15, 0.2) is 23.0 Å². The first-order chi connectivity index (χ1) is 8.65. The van der Waals surface area contributed by atoms with E-state index in [0.29, 0.717) is 16.5 Å². The van der Waals surface area contributed by atoms with Crippen molar-refractivity contribution in [1.82, 2.24) is 4.98 Å². The van der Waals surface area contributed by atoms with Crippen LogP contribution >= 0.6 is 0 Å². The highest BCUT2D eigenvalue weighted by atomic mass is 16.1. The Morgan fingerprint density at radius 2 is 2.17 bits per heavy atom.